The average molecular weight is 304 g/mol. The molecule has 0 saturated carbocycles. The number of nitrogens with zero attached hydrogens (tertiary/aromatic N) is 1. The molecule has 7 heteroatoms. The molecular formula is C12H18ClN3O2S. The van der Waals surface area contributed by atoms with E-state index in [1.54, 1.807) is 6.07 Å². The molecule has 0 radical (unpaired) electrons. The number of hydrogen-bond donors (Lipinski definition) is 2. The van der Waals surface area contributed by atoms with Crippen molar-refractivity contribution in [1.29, 1.82) is 0 Å². The third-order valence-electron chi connectivity index (χ3n) is 3.45. The number of sulfonamides is 1. The number of nitrogens with one attached hydrogen (secondary N) is 1. The van der Waals surface area contributed by atoms with Gasteiger partial charge >= 0.3 is 0 Å². The summed E-state index contributed by atoms with van der Waals surface area (Å²) in [6.07, 6.45) is 2.09. The monoisotopic (exact) mass is 303 g/mol. The Morgan fingerprint density at radius 1 is 1.53 bits per heavy atom. The Hall–Kier alpha value is -0.820. The van der Waals surface area contributed by atoms with Gasteiger partial charge in [0.15, 0.2) is 0 Å². The van der Waals surface area contributed by atoms with Gasteiger partial charge in [-0.25, -0.2) is 13.1 Å². The van der Waals surface area contributed by atoms with Crippen molar-refractivity contribution in [3.05, 3.63) is 23.2 Å². The molecule has 1 saturated heterocycles. The zero-order chi connectivity index (χ0) is 14.0. The minimum absolute atomic E-state index is 0.0303. The first-order valence-electron chi connectivity index (χ1n) is 6.15. The summed E-state index contributed by atoms with van der Waals surface area (Å²) < 4.78 is 27.1. The third-order valence-corrected chi connectivity index (χ3v) is 5.41. The maximum absolute atomic E-state index is 12.2. The van der Waals surface area contributed by atoms with E-state index in [-0.39, 0.29) is 21.6 Å². The number of rotatable bonds is 4. The molecule has 3 N–H and O–H groups in total. The van der Waals surface area contributed by atoms with Crippen LogP contribution in [-0.2, 0) is 10.0 Å². The lowest BCUT2D eigenvalue weighted by Gasteiger charge is -2.20. The smallest absolute Gasteiger partial charge is 0.244 e. The first-order valence-corrected chi connectivity index (χ1v) is 8.02. The van der Waals surface area contributed by atoms with Gasteiger partial charge in [-0.05, 0) is 38.6 Å². The van der Waals surface area contributed by atoms with E-state index >= 15 is 0 Å². The molecule has 5 nitrogen and oxygen atoms in total. The second kappa shape index (κ2) is 5.66. The summed E-state index contributed by atoms with van der Waals surface area (Å²) in [6, 6.07) is 4.91. The summed E-state index contributed by atoms with van der Waals surface area (Å²) in [6.45, 7) is 1.38. The molecule has 2 rings (SSSR count). The van der Waals surface area contributed by atoms with E-state index in [0.29, 0.717) is 6.54 Å². The summed E-state index contributed by atoms with van der Waals surface area (Å²) in [5.41, 5.74) is 5.87. The molecule has 1 unspecified atom stereocenters. The number of nitrogens with two attached hydrogens (primary N) is 1. The summed E-state index contributed by atoms with van der Waals surface area (Å²) >= 11 is 5.93. The zero-order valence-corrected chi connectivity index (χ0v) is 12.3. The topological polar surface area (TPSA) is 75.4 Å². The first-order chi connectivity index (χ1) is 8.92. The van der Waals surface area contributed by atoms with Gasteiger partial charge in [0.05, 0.1) is 10.7 Å². The van der Waals surface area contributed by atoms with E-state index < -0.39 is 10.0 Å². The molecule has 1 heterocycles. The van der Waals surface area contributed by atoms with Crippen LogP contribution in [0.25, 0.3) is 0 Å². The molecule has 1 aliphatic heterocycles. The highest BCUT2D eigenvalue weighted by Crippen LogP contribution is 2.27. The van der Waals surface area contributed by atoms with Gasteiger partial charge in [-0.3, -0.25) is 0 Å². The number of benzene rings is 1. The molecule has 106 valence electrons. The second-order valence-electron chi connectivity index (χ2n) is 4.79. The van der Waals surface area contributed by atoms with Gasteiger partial charge in [0.1, 0.15) is 4.90 Å². The number of anilines is 1. The Morgan fingerprint density at radius 3 is 2.84 bits per heavy atom. The van der Waals surface area contributed by atoms with Gasteiger partial charge in [-0.15, -0.1) is 0 Å². The van der Waals surface area contributed by atoms with E-state index in [4.69, 9.17) is 17.3 Å². The van der Waals surface area contributed by atoms with Crippen LogP contribution in [0.3, 0.4) is 0 Å². The van der Waals surface area contributed by atoms with Crippen molar-refractivity contribution in [2.75, 3.05) is 25.9 Å². The Bertz CT molecular complexity index is 542. The molecule has 0 amide bonds. The fourth-order valence-corrected chi connectivity index (χ4v) is 4.07. The van der Waals surface area contributed by atoms with Crippen molar-refractivity contribution < 1.29 is 8.42 Å². The molecule has 0 aliphatic carbocycles. The minimum Gasteiger partial charge on any atom is -0.398 e. The van der Waals surface area contributed by atoms with E-state index in [0.717, 1.165) is 19.4 Å². The molecule has 0 bridgehead atoms. The summed E-state index contributed by atoms with van der Waals surface area (Å²) in [5, 5.41) is 0.146. The van der Waals surface area contributed by atoms with Gasteiger partial charge < -0.3 is 10.6 Å². The maximum atomic E-state index is 12.2. The Labute approximate surface area is 118 Å². The number of hydrogen-bond acceptors (Lipinski definition) is 4. The normalized spacial score (nSPS) is 20.8. The highest BCUT2D eigenvalue weighted by molar-refractivity contribution is 7.89. The summed E-state index contributed by atoms with van der Waals surface area (Å²) in [4.78, 5) is 2.12. The Morgan fingerprint density at radius 2 is 2.26 bits per heavy atom. The van der Waals surface area contributed by atoms with Crippen molar-refractivity contribution in [2.45, 2.75) is 23.8 Å². The van der Waals surface area contributed by atoms with Gasteiger partial charge in [-0.1, -0.05) is 17.7 Å². The second-order valence-corrected chi connectivity index (χ2v) is 6.90. The van der Waals surface area contributed by atoms with Crippen LogP contribution in [0.4, 0.5) is 5.69 Å². The van der Waals surface area contributed by atoms with Crippen molar-refractivity contribution in [2.24, 2.45) is 0 Å². The molecule has 1 fully saturated rings. The van der Waals surface area contributed by atoms with Crippen LogP contribution < -0.4 is 10.5 Å². The van der Waals surface area contributed by atoms with Crippen molar-refractivity contribution in [1.82, 2.24) is 9.62 Å². The molecule has 0 spiro atoms. The lowest BCUT2D eigenvalue weighted by atomic mass is 10.2. The van der Waals surface area contributed by atoms with E-state index in [1.165, 1.54) is 12.1 Å². The van der Waals surface area contributed by atoms with Crippen LogP contribution in [0.1, 0.15) is 12.8 Å². The van der Waals surface area contributed by atoms with Crippen LogP contribution in [0.5, 0.6) is 0 Å². The predicted molar refractivity (Wildman–Crippen MR) is 76.7 cm³/mol. The highest BCUT2D eigenvalue weighted by Gasteiger charge is 2.25. The summed E-state index contributed by atoms with van der Waals surface area (Å²) in [7, 11) is -1.67. The lowest BCUT2D eigenvalue weighted by molar-refractivity contribution is 0.311. The largest absolute Gasteiger partial charge is 0.398 e. The maximum Gasteiger partial charge on any atom is 0.244 e. The van der Waals surface area contributed by atoms with Gasteiger partial charge in [0.2, 0.25) is 10.0 Å². The van der Waals surface area contributed by atoms with Gasteiger partial charge in [-0.2, -0.15) is 0 Å². The van der Waals surface area contributed by atoms with Crippen LogP contribution in [0.2, 0.25) is 5.02 Å². The molecular weight excluding hydrogens is 286 g/mol. The number of nitrogen functional groups attached to an aromatic ring is 1. The molecule has 1 aromatic carbocycles. The lowest BCUT2D eigenvalue weighted by Crippen LogP contribution is -2.38. The van der Waals surface area contributed by atoms with Crippen molar-refractivity contribution in [3.8, 4) is 0 Å². The SMILES string of the molecule is CN1CCCC1CNS(=O)(=O)c1c(N)cccc1Cl. The van der Waals surface area contributed by atoms with Crippen molar-refractivity contribution in [3.63, 3.8) is 0 Å². The van der Waals surface area contributed by atoms with Crippen LogP contribution in [0, 0.1) is 0 Å². The molecule has 1 aromatic rings. The zero-order valence-electron chi connectivity index (χ0n) is 10.8. The fourth-order valence-electron chi connectivity index (χ4n) is 2.32. The number of likely N-dealkylation sites (N-methyl/N-ethyl adjacent to an activating group) is 1. The summed E-state index contributed by atoms with van der Waals surface area (Å²) in [5.74, 6) is 0. The van der Waals surface area contributed by atoms with Crippen LogP contribution >= 0.6 is 11.6 Å². The Balaban J connectivity index is 2.14. The Kier molecular flexibility index (Phi) is 4.35. The van der Waals surface area contributed by atoms with Gasteiger partial charge in [0.25, 0.3) is 0 Å². The highest BCUT2D eigenvalue weighted by atomic mass is 35.5. The van der Waals surface area contributed by atoms with Gasteiger partial charge in [0, 0.05) is 12.6 Å². The van der Waals surface area contributed by atoms with E-state index in [9.17, 15) is 8.42 Å². The van der Waals surface area contributed by atoms with Crippen LogP contribution in [-0.4, -0.2) is 39.5 Å². The molecule has 1 aliphatic rings. The van der Waals surface area contributed by atoms with Crippen molar-refractivity contribution >= 4 is 27.3 Å². The molecule has 0 aromatic heterocycles. The van der Waals surface area contributed by atoms with Crippen LogP contribution in [0.15, 0.2) is 23.1 Å². The number of halogens is 1. The van der Waals surface area contributed by atoms with E-state index in [1.807, 2.05) is 7.05 Å². The minimum atomic E-state index is -3.67. The third kappa shape index (κ3) is 3.20. The first kappa shape index (κ1) is 14.6. The standard InChI is InChI=1S/C12H18ClN3O2S/c1-16-7-3-4-9(16)8-15-19(17,18)12-10(13)5-2-6-11(12)14/h2,5-6,9,15H,3-4,7-8,14H2,1H3. The quantitative estimate of drug-likeness (QED) is 0.822. The molecule has 1 atom stereocenters. The molecule has 19 heavy (non-hydrogen) atoms. The van der Waals surface area contributed by atoms with E-state index in [2.05, 4.69) is 9.62 Å². The fraction of sp³-hybridized carbons (Fsp3) is 0.500. The average Bonchev–Trinajstić information content (AvgIpc) is 2.72. The number of likely N-dealkylation sites (tertiary alicyclic amines) is 1. The predicted octanol–water partition coefficient (Wildman–Crippen LogP) is 1.29.